The predicted molar refractivity (Wildman–Crippen MR) is 79.9 cm³/mol. The second-order valence-corrected chi connectivity index (χ2v) is 4.32. The normalized spacial score (nSPS) is 10.6. The Hall–Kier alpha value is -2.25. The van der Waals surface area contributed by atoms with Crippen LogP contribution in [0.25, 0.3) is 6.08 Å². The summed E-state index contributed by atoms with van der Waals surface area (Å²) >= 11 is 0. The molecule has 0 spiro atoms. The highest BCUT2D eigenvalue weighted by molar-refractivity contribution is 5.95. The van der Waals surface area contributed by atoms with Gasteiger partial charge < -0.3 is 24.8 Å². The number of benzene rings is 1. The minimum absolute atomic E-state index is 0.0856. The molecule has 0 bridgehead atoms. The molecule has 1 rings (SSSR count). The van der Waals surface area contributed by atoms with Crippen LogP contribution >= 0.6 is 0 Å². The summed E-state index contributed by atoms with van der Waals surface area (Å²) in [6.07, 6.45) is 3.49. The molecule has 0 amide bonds. The van der Waals surface area contributed by atoms with Gasteiger partial charge in [-0.1, -0.05) is 0 Å². The molecule has 0 atom stereocenters. The predicted octanol–water partition coefficient (Wildman–Crippen LogP) is 1.88. The maximum atomic E-state index is 11.9. The quantitative estimate of drug-likeness (QED) is 0.586. The highest BCUT2D eigenvalue weighted by Gasteiger charge is 2.16. The van der Waals surface area contributed by atoms with Crippen molar-refractivity contribution in [1.29, 1.82) is 0 Å². The van der Waals surface area contributed by atoms with E-state index < -0.39 is 5.97 Å². The van der Waals surface area contributed by atoms with Crippen molar-refractivity contribution in [3.05, 3.63) is 34.7 Å². The summed E-state index contributed by atoms with van der Waals surface area (Å²) < 4.78 is 9.90. The van der Waals surface area contributed by atoms with Gasteiger partial charge in [0.2, 0.25) is 0 Å². The lowest BCUT2D eigenvalue weighted by Crippen LogP contribution is -2.15. The van der Waals surface area contributed by atoms with Gasteiger partial charge in [0.15, 0.2) is 0 Å². The molecule has 0 aromatic heterocycles. The standard InChI is InChI=1S/C14H19N2O5/c1-15(2)7-6-10-8-13(19-3)12(16(18)21-5)9-11(10)14(17)20-4/h6-9H,1-5H3/q-1/b7-6+. The Morgan fingerprint density at radius 3 is 2.38 bits per heavy atom. The molecular formula is C14H19N2O5-. The Balaban J connectivity index is 3.44. The van der Waals surface area contributed by atoms with Crippen LogP contribution in [0.2, 0.25) is 0 Å². The molecule has 1 aromatic rings. The van der Waals surface area contributed by atoms with E-state index in [9.17, 15) is 10.0 Å². The van der Waals surface area contributed by atoms with E-state index in [1.807, 2.05) is 19.0 Å². The summed E-state index contributed by atoms with van der Waals surface area (Å²) in [5.41, 5.74) is 0.896. The number of ether oxygens (including phenoxy) is 2. The fourth-order valence-corrected chi connectivity index (χ4v) is 1.64. The minimum atomic E-state index is -0.554. The second kappa shape index (κ2) is 7.51. The number of hydrogen-bond acceptors (Lipinski definition) is 7. The molecule has 0 aliphatic heterocycles. The van der Waals surface area contributed by atoms with Crippen LogP contribution in [0.4, 0.5) is 5.69 Å². The summed E-state index contributed by atoms with van der Waals surface area (Å²) in [6, 6.07) is 2.95. The molecular weight excluding hydrogens is 276 g/mol. The lowest BCUT2D eigenvalue weighted by molar-refractivity contribution is 0.0600. The SMILES string of the molecule is COC(=O)c1cc(N([O-])OC)c(OC)cc1/C=C/N(C)C. The van der Waals surface area contributed by atoms with Gasteiger partial charge in [-0.25, -0.2) is 4.79 Å². The Morgan fingerprint density at radius 1 is 1.24 bits per heavy atom. The third-order valence-corrected chi connectivity index (χ3v) is 2.67. The molecule has 0 radical (unpaired) electrons. The molecule has 0 unspecified atom stereocenters. The van der Waals surface area contributed by atoms with Gasteiger partial charge in [0.05, 0.1) is 32.6 Å². The molecule has 0 aliphatic carbocycles. The fourth-order valence-electron chi connectivity index (χ4n) is 1.64. The van der Waals surface area contributed by atoms with Crippen LogP contribution in [0.3, 0.4) is 0 Å². The Bertz CT molecular complexity index is 528. The maximum absolute atomic E-state index is 11.9. The van der Waals surface area contributed by atoms with Gasteiger partial charge in [-0.15, -0.1) is 0 Å². The molecule has 0 saturated carbocycles. The Labute approximate surface area is 123 Å². The maximum Gasteiger partial charge on any atom is 0.338 e. The van der Waals surface area contributed by atoms with Crippen molar-refractivity contribution >= 4 is 17.7 Å². The number of carbonyl (C=O) groups is 1. The van der Waals surface area contributed by atoms with Gasteiger partial charge in [-0.2, -0.15) is 0 Å². The fraction of sp³-hybridized carbons (Fsp3) is 0.357. The number of nitrogens with zero attached hydrogens (tertiary/aromatic N) is 2. The monoisotopic (exact) mass is 295 g/mol. The van der Waals surface area contributed by atoms with E-state index in [2.05, 4.69) is 4.84 Å². The number of methoxy groups -OCH3 is 2. The smallest absolute Gasteiger partial charge is 0.338 e. The van der Waals surface area contributed by atoms with Crippen LogP contribution in [0, 0.1) is 5.21 Å². The van der Waals surface area contributed by atoms with Gasteiger partial charge in [-0.05, 0) is 30.0 Å². The minimum Gasteiger partial charge on any atom is -0.733 e. The van der Waals surface area contributed by atoms with Crippen LogP contribution in [0.1, 0.15) is 15.9 Å². The van der Waals surface area contributed by atoms with E-state index in [1.165, 1.54) is 27.4 Å². The number of anilines is 1. The second-order valence-electron chi connectivity index (χ2n) is 4.32. The Morgan fingerprint density at radius 2 is 1.90 bits per heavy atom. The van der Waals surface area contributed by atoms with Gasteiger partial charge in [0.25, 0.3) is 0 Å². The first-order chi connectivity index (χ1) is 9.94. The molecule has 0 N–H and O–H groups in total. The highest BCUT2D eigenvalue weighted by atomic mass is 16.9. The first kappa shape index (κ1) is 16.8. The van der Waals surface area contributed by atoms with Gasteiger partial charge in [-0.3, -0.25) is 4.84 Å². The van der Waals surface area contributed by atoms with Crippen molar-refractivity contribution in [3.8, 4) is 5.75 Å². The average molecular weight is 295 g/mol. The van der Waals surface area contributed by atoms with Crippen LogP contribution in [-0.2, 0) is 9.57 Å². The zero-order chi connectivity index (χ0) is 16.0. The molecule has 0 fully saturated rings. The zero-order valence-corrected chi connectivity index (χ0v) is 12.7. The third-order valence-electron chi connectivity index (χ3n) is 2.67. The number of carbonyl (C=O) groups excluding carboxylic acids is 1. The topological polar surface area (TPSA) is 74.3 Å². The largest absolute Gasteiger partial charge is 0.733 e. The Kier molecular flexibility index (Phi) is 6.01. The van der Waals surface area contributed by atoms with Crippen molar-refractivity contribution in [2.24, 2.45) is 0 Å². The summed E-state index contributed by atoms with van der Waals surface area (Å²) in [7, 11) is 7.63. The molecule has 0 saturated heterocycles. The first-order valence-electron chi connectivity index (χ1n) is 6.11. The third kappa shape index (κ3) is 4.11. The molecule has 1 aromatic carbocycles. The van der Waals surface area contributed by atoms with Crippen LogP contribution in [-0.4, -0.2) is 46.3 Å². The molecule has 21 heavy (non-hydrogen) atoms. The summed E-state index contributed by atoms with van der Waals surface area (Å²) in [5.74, 6) is -0.264. The molecule has 7 heteroatoms. The van der Waals surface area contributed by atoms with Crippen molar-refractivity contribution in [2.45, 2.75) is 0 Å². The van der Waals surface area contributed by atoms with Crippen molar-refractivity contribution in [3.63, 3.8) is 0 Å². The number of rotatable bonds is 6. The van der Waals surface area contributed by atoms with E-state index >= 15 is 0 Å². The van der Waals surface area contributed by atoms with E-state index in [4.69, 9.17) is 9.47 Å². The highest BCUT2D eigenvalue weighted by Crippen LogP contribution is 2.32. The summed E-state index contributed by atoms with van der Waals surface area (Å²) in [5, 5.41) is 11.9. The van der Waals surface area contributed by atoms with Crippen LogP contribution < -0.4 is 9.96 Å². The van der Waals surface area contributed by atoms with E-state index in [1.54, 1.807) is 18.3 Å². The lowest BCUT2D eigenvalue weighted by atomic mass is 10.1. The number of esters is 1. The van der Waals surface area contributed by atoms with E-state index in [0.29, 0.717) is 5.56 Å². The van der Waals surface area contributed by atoms with E-state index in [-0.39, 0.29) is 22.2 Å². The summed E-state index contributed by atoms with van der Waals surface area (Å²) in [6.45, 7) is 0. The van der Waals surface area contributed by atoms with Crippen molar-refractivity contribution in [2.75, 3.05) is 40.7 Å². The molecule has 0 heterocycles. The van der Waals surface area contributed by atoms with Gasteiger partial charge in [0, 0.05) is 14.1 Å². The molecule has 7 nitrogen and oxygen atoms in total. The average Bonchev–Trinajstić information content (AvgIpc) is 2.50. The molecule has 116 valence electrons. The van der Waals surface area contributed by atoms with Gasteiger partial charge >= 0.3 is 5.97 Å². The first-order valence-corrected chi connectivity index (χ1v) is 6.11. The van der Waals surface area contributed by atoms with Gasteiger partial charge in [0.1, 0.15) is 5.75 Å². The zero-order valence-electron chi connectivity index (χ0n) is 12.7. The summed E-state index contributed by atoms with van der Waals surface area (Å²) in [4.78, 5) is 18.3. The van der Waals surface area contributed by atoms with E-state index in [0.717, 1.165) is 0 Å². The van der Waals surface area contributed by atoms with Crippen LogP contribution in [0.15, 0.2) is 18.3 Å². The molecule has 0 aliphatic rings. The number of hydrogen-bond donors (Lipinski definition) is 0. The van der Waals surface area contributed by atoms with Crippen LogP contribution in [0.5, 0.6) is 5.75 Å². The van der Waals surface area contributed by atoms with Crippen molar-refractivity contribution in [1.82, 2.24) is 4.90 Å². The van der Waals surface area contributed by atoms with Crippen molar-refractivity contribution < 1.29 is 19.1 Å². The lowest BCUT2D eigenvalue weighted by Gasteiger charge is -2.29.